The van der Waals surface area contributed by atoms with Gasteiger partial charge >= 0.3 is 0 Å². The number of nitrogens with zero attached hydrogens (tertiary/aromatic N) is 2. The normalized spacial score (nSPS) is 17.3. The number of nitrogens with one attached hydrogen (secondary N) is 2. The molecular weight excluding hydrogens is 443 g/mol. The van der Waals surface area contributed by atoms with Gasteiger partial charge in [0.2, 0.25) is 0 Å². The predicted octanol–water partition coefficient (Wildman–Crippen LogP) is 3.83. The maximum absolute atomic E-state index is 4.80. The molecule has 1 saturated heterocycles. The van der Waals surface area contributed by atoms with Crippen LogP contribution >= 0.6 is 35.7 Å². The summed E-state index contributed by atoms with van der Waals surface area (Å²) < 4.78 is 0. The molecule has 25 heavy (non-hydrogen) atoms. The van der Waals surface area contributed by atoms with Crippen LogP contribution in [0.1, 0.15) is 26.2 Å². The van der Waals surface area contributed by atoms with Crippen LogP contribution in [0.2, 0.25) is 0 Å². The number of thioether (sulfide) groups is 1. The summed E-state index contributed by atoms with van der Waals surface area (Å²) in [5.74, 6) is 2.87. The first-order valence-corrected chi connectivity index (χ1v) is 10.5. The van der Waals surface area contributed by atoms with E-state index in [9.17, 15) is 0 Å². The number of hydrogen-bond donors (Lipinski definition) is 2. The largest absolute Gasteiger partial charge is 0.371 e. The fourth-order valence-electron chi connectivity index (χ4n) is 3.00. The van der Waals surface area contributed by atoms with Crippen LogP contribution in [0, 0.1) is 5.92 Å². The Morgan fingerprint density at radius 3 is 2.76 bits per heavy atom. The maximum Gasteiger partial charge on any atom is 0.191 e. The lowest BCUT2D eigenvalue weighted by molar-refractivity contribution is 0.598. The number of unbranched alkanes of at least 4 members (excludes halogenated alkanes) is 1. The Balaban J connectivity index is 0.00000312. The van der Waals surface area contributed by atoms with Crippen molar-refractivity contribution >= 4 is 47.4 Å². The van der Waals surface area contributed by atoms with E-state index in [0.29, 0.717) is 5.92 Å². The van der Waals surface area contributed by atoms with Crippen molar-refractivity contribution in [3.63, 3.8) is 0 Å². The van der Waals surface area contributed by atoms with E-state index in [1.54, 1.807) is 0 Å². The molecule has 142 valence electrons. The highest BCUT2D eigenvalue weighted by Gasteiger charge is 2.22. The zero-order chi connectivity index (χ0) is 17.0. The van der Waals surface area contributed by atoms with Crippen molar-refractivity contribution < 1.29 is 0 Å². The number of rotatable bonds is 9. The molecule has 2 rings (SSSR count). The molecule has 2 N–H and O–H groups in total. The van der Waals surface area contributed by atoms with Crippen molar-refractivity contribution in [3.05, 3.63) is 30.3 Å². The lowest BCUT2D eigenvalue weighted by Gasteiger charge is -2.18. The van der Waals surface area contributed by atoms with E-state index in [4.69, 9.17) is 4.99 Å². The molecule has 1 atom stereocenters. The highest BCUT2D eigenvalue weighted by Crippen LogP contribution is 2.23. The van der Waals surface area contributed by atoms with Crippen LogP contribution in [0.15, 0.2) is 35.3 Å². The van der Waals surface area contributed by atoms with Gasteiger partial charge < -0.3 is 15.5 Å². The van der Waals surface area contributed by atoms with Crippen LogP contribution in [0.25, 0.3) is 0 Å². The summed E-state index contributed by atoms with van der Waals surface area (Å²) in [6, 6.07) is 10.7. The van der Waals surface area contributed by atoms with Gasteiger partial charge in [0.1, 0.15) is 0 Å². The molecule has 0 saturated carbocycles. The van der Waals surface area contributed by atoms with E-state index in [2.05, 4.69) is 59.0 Å². The SMILES string of the molecule is CCNC(=NCC1CCN(c2ccccc2)C1)NCCCCSC.I. The molecule has 1 aromatic rings. The van der Waals surface area contributed by atoms with Crippen molar-refractivity contribution in [2.24, 2.45) is 10.9 Å². The van der Waals surface area contributed by atoms with Gasteiger partial charge in [-0.3, -0.25) is 4.99 Å². The second-order valence-corrected chi connectivity index (χ2v) is 7.27. The van der Waals surface area contributed by atoms with E-state index < -0.39 is 0 Å². The van der Waals surface area contributed by atoms with Gasteiger partial charge in [0, 0.05) is 38.4 Å². The minimum Gasteiger partial charge on any atom is -0.371 e. The molecule has 1 heterocycles. The van der Waals surface area contributed by atoms with E-state index in [0.717, 1.165) is 38.7 Å². The Labute approximate surface area is 174 Å². The molecule has 0 radical (unpaired) electrons. The smallest absolute Gasteiger partial charge is 0.191 e. The third-order valence-electron chi connectivity index (χ3n) is 4.33. The quantitative estimate of drug-likeness (QED) is 0.246. The predicted molar refractivity (Wildman–Crippen MR) is 124 cm³/mol. The molecule has 6 heteroatoms. The summed E-state index contributed by atoms with van der Waals surface area (Å²) >= 11 is 1.92. The molecule has 0 bridgehead atoms. The highest BCUT2D eigenvalue weighted by molar-refractivity contribution is 14.0. The van der Waals surface area contributed by atoms with Gasteiger partial charge in [0.25, 0.3) is 0 Å². The molecule has 1 aromatic carbocycles. The number of guanidine groups is 1. The Morgan fingerprint density at radius 1 is 1.24 bits per heavy atom. The van der Waals surface area contributed by atoms with Crippen LogP contribution in [0.3, 0.4) is 0 Å². The van der Waals surface area contributed by atoms with Gasteiger partial charge in [-0.15, -0.1) is 24.0 Å². The summed E-state index contributed by atoms with van der Waals surface area (Å²) in [6.07, 6.45) is 5.86. The minimum absolute atomic E-state index is 0. The monoisotopic (exact) mass is 476 g/mol. The number of anilines is 1. The van der Waals surface area contributed by atoms with Crippen molar-refractivity contribution in [1.82, 2.24) is 10.6 Å². The lowest BCUT2D eigenvalue weighted by Crippen LogP contribution is -2.38. The van der Waals surface area contributed by atoms with E-state index in [1.807, 2.05) is 11.8 Å². The fraction of sp³-hybridized carbons (Fsp3) is 0.632. The zero-order valence-corrected chi connectivity index (χ0v) is 18.7. The van der Waals surface area contributed by atoms with Gasteiger partial charge in [-0.25, -0.2) is 0 Å². The average Bonchev–Trinajstić information content (AvgIpc) is 3.09. The molecule has 0 spiro atoms. The molecule has 1 unspecified atom stereocenters. The molecule has 1 fully saturated rings. The maximum atomic E-state index is 4.80. The summed E-state index contributed by atoms with van der Waals surface area (Å²) in [5, 5.41) is 6.82. The van der Waals surface area contributed by atoms with Crippen LogP contribution < -0.4 is 15.5 Å². The van der Waals surface area contributed by atoms with E-state index >= 15 is 0 Å². The first-order valence-electron chi connectivity index (χ1n) is 9.14. The first kappa shape index (κ1) is 22.4. The summed E-state index contributed by atoms with van der Waals surface area (Å²) in [4.78, 5) is 7.28. The minimum atomic E-state index is 0. The number of para-hydroxylation sites is 1. The zero-order valence-electron chi connectivity index (χ0n) is 15.5. The highest BCUT2D eigenvalue weighted by atomic mass is 127. The lowest BCUT2D eigenvalue weighted by atomic mass is 10.1. The summed E-state index contributed by atoms with van der Waals surface area (Å²) in [5.41, 5.74) is 1.34. The Morgan fingerprint density at radius 2 is 2.04 bits per heavy atom. The summed E-state index contributed by atoms with van der Waals surface area (Å²) in [6.45, 7) is 7.20. The number of aliphatic imine (C=N–C) groups is 1. The summed E-state index contributed by atoms with van der Waals surface area (Å²) in [7, 11) is 0. The molecule has 4 nitrogen and oxygen atoms in total. The number of hydrogen-bond acceptors (Lipinski definition) is 3. The molecule has 1 aliphatic heterocycles. The Hall–Kier alpha value is -0.630. The van der Waals surface area contributed by atoms with Crippen molar-refractivity contribution in [1.29, 1.82) is 0 Å². The number of benzene rings is 1. The average molecular weight is 476 g/mol. The van der Waals surface area contributed by atoms with E-state index in [1.165, 1.54) is 30.7 Å². The van der Waals surface area contributed by atoms with Crippen molar-refractivity contribution in [2.75, 3.05) is 49.6 Å². The van der Waals surface area contributed by atoms with Crippen molar-refractivity contribution in [3.8, 4) is 0 Å². The molecule has 1 aliphatic rings. The number of halogens is 1. The van der Waals surface area contributed by atoms with Gasteiger partial charge in [0.05, 0.1) is 0 Å². The first-order chi connectivity index (χ1) is 11.8. The van der Waals surface area contributed by atoms with E-state index in [-0.39, 0.29) is 24.0 Å². The fourth-order valence-corrected chi connectivity index (χ4v) is 3.49. The van der Waals surface area contributed by atoms with Gasteiger partial charge in [-0.1, -0.05) is 18.2 Å². The van der Waals surface area contributed by atoms with Crippen molar-refractivity contribution in [2.45, 2.75) is 26.2 Å². The second-order valence-electron chi connectivity index (χ2n) is 6.28. The van der Waals surface area contributed by atoms with Gasteiger partial charge in [0.15, 0.2) is 5.96 Å². The second kappa shape index (κ2) is 13.6. The van der Waals surface area contributed by atoms with Crippen LogP contribution in [-0.4, -0.2) is 50.7 Å². The molecule has 0 aromatic heterocycles. The third kappa shape index (κ3) is 8.53. The Bertz CT molecular complexity index is 484. The van der Waals surface area contributed by atoms with Crippen LogP contribution in [0.4, 0.5) is 5.69 Å². The topological polar surface area (TPSA) is 39.7 Å². The molecule has 0 amide bonds. The third-order valence-corrected chi connectivity index (χ3v) is 5.02. The van der Waals surface area contributed by atoms with Crippen LogP contribution in [0.5, 0.6) is 0 Å². The van der Waals surface area contributed by atoms with Crippen LogP contribution in [-0.2, 0) is 0 Å². The molecule has 0 aliphatic carbocycles. The van der Waals surface area contributed by atoms with Gasteiger partial charge in [-0.2, -0.15) is 11.8 Å². The Kier molecular flexibility index (Phi) is 12.2. The standard InChI is InChI=1S/C19H32N4S.HI/c1-3-20-19(21-12-7-8-14-24-2)22-15-17-11-13-23(16-17)18-9-5-4-6-10-18;/h4-6,9-10,17H,3,7-8,11-16H2,1-2H3,(H2,20,21,22);1H. The van der Waals surface area contributed by atoms with Gasteiger partial charge in [-0.05, 0) is 56.2 Å². The molecular formula is C19H33IN4S.